The van der Waals surface area contributed by atoms with Crippen molar-refractivity contribution < 1.29 is 0 Å². The van der Waals surface area contributed by atoms with Gasteiger partial charge in [-0.1, -0.05) is 30.3 Å². The van der Waals surface area contributed by atoms with E-state index in [1.54, 1.807) is 0 Å². The fraction of sp³-hybridized carbons (Fsp3) is 0.333. The van der Waals surface area contributed by atoms with E-state index in [1.165, 1.54) is 17.8 Å². The van der Waals surface area contributed by atoms with Crippen LogP contribution in [0.5, 0.6) is 0 Å². The lowest BCUT2D eigenvalue weighted by Gasteiger charge is -2.18. The van der Waals surface area contributed by atoms with Gasteiger partial charge in [0.25, 0.3) is 0 Å². The maximum absolute atomic E-state index is 3.34. The van der Waals surface area contributed by atoms with Crippen LogP contribution in [0.25, 0.3) is 0 Å². The molecule has 2 rings (SSSR count). The minimum atomic E-state index is 0.996. The molecule has 1 aliphatic heterocycles. The van der Waals surface area contributed by atoms with Gasteiger partial charge in [-0.05, 0) is 24.5 Å². The van der Waals surface area contributed by atoms with E-state index in [2.05, 4.69) is 41.0 Å². The SMILES string of the molecule is C(Cc1ccccc1)=C1NCCCN1. The molecule has 2 nitrogen and oxygen atoms in total. The predicted octanol–water partition coefficient (Wildman–Crippen LogP) is 1.65. The Balaban J connectivity index is 1.92. The molecule has 0 radical (unpaired) electrons. The van der Waals surface area contributed by atoms with Crippen LogP contribution in [0.3, 0.4) is 0 Å². The summed E-state index contributed by atoms with van der Waals surface area (Å²) in [6.45, 7) is 2.18. The van der Waals surface area contributed by atoms with Gasteiger partial charge in [0.2, 0.25) is 0 Å². The third-order valence-corrected chi connectivity index (χ3v) is 2.37. The van der Waals surface area contributed by atoms with Crippen molar-refractivity contribution >= 4 is 0 Å². The van der Waals surface area contributed by atoms with Gasteiger partial charge >= 0.3 is 0 Å². The fourth-order valence-electron chi connectivity index (χ4n) is 1.58. The number of hydrogen-bond acceptors (Lipinski definition) is 2. The summed E-state index contributed by atoms with van der Waals surface area (Å²) in [5, 5.41) is 6.68. The van der Waals surface area contributed by atoms with E-state index >= 15 is 0 Å². The van der Waals surface area contributed by atoms with Crippen LogP contribution in [0.15, 0.2) is 42.2 Å². The van der Waals surface area contributed by atoms with Crippen LogP contribution in [0.1, 0.15) is 12.0 Å². The molecule has 0 saturated carbocycles. The zero-order valence-electron chi connectivity index (χ0n) is 8.29. The Labute approximate surface area is 85.0 Å². The molecule has 1 aromatic rings. The summed E-state index contributed by atoms with van der Waals surface area (Å²) in [6.07, 6.45) is 4.42. The molecule has 1 aliphatic rings. The van der Waals surface area contributed by atoms with Gasteiger partial charge in [0, 0.05) is 13.1 Å². The normalized spacial score (nSPS) is 15.6. The molecule has 14 heavy (non-hydrogen) atoms. The van der Waals surface area contributed by atoms with E-state index in [4.69, 9.17) is 0 Å². The average molecular weight is 188 g/mol. The van der Waals surface area contributed by atoms with E-state index in [9.17, 15) is 0 Å². The molecule has 2 N–H and O–H groups in total. The smallest absolute Gasteiger partial charge is 0.0948 e. The van der Waals surface area contributed by atoms with Crippen molar-refractivity contribution in [3.05, 3.63) is 47.8 Å². The first-order valence-electron chi connectivity index (χ1n) is 5.17. The summed E-state index contributed by atoms with van der Waals surface area (Å²) in [4.78, 5) is 0. The number of benzene rings is 1. The Morgan fingerprint density at radius 3 is 2.50 bits per heavy atom. The molecule has 0 aromatic heterocycles. The molecular weight excluding hydrogens is 172 g/mol. The second-order valence-corrected chi connectivity index (χ2v) is 3.51. The maximum atomic E-state index is 3.34. The highest BCUT2D eigenvalue weighted by atomic mass is 15.1. The second kappa shape index (κ2) is 4.70. The highest BCUT2D eigenvalue weighted by molar-refractivity contribution is 5.18. The van der Waals surface area contributed by atoms with Crippen molar-refractivity contribution in [3.63, 3.8) is 0 Å². The molecule has 1 aromatic carbocycles. The summed E-state index contributed by atoms with van der Waals surface area (Å²) in [7, 11) is 0. The number of allylic oxidation sites excluding steroid dienone is 1. The first-order chi connectivity index (χ1) is 6.95. The lowest BCUT2D eigenvalue weighted by atomic mass is 10.1. The first kappa shape index (κ1) is 9.13. The van der Waals surface area contributed by atoms with Crippen LogP contribution in [0.2, 0.25) is 0 Å². The van der Waals surface area contributed by atoms with Crippen LogP contribution in [0, 0.1) is 0 Å². The van der Waals surface area contributed by atoms with Gasteiger partial charge in [0.05, 0.1) is 5.82 Å². The van der Waals surface area contributed by atoms with Crippen molar-refractivity contribution in [2.45, 2.75) is 12.8 Å². The Bertz CT molecular complexity index is 295. The molecule has 2 heteroatoms. The third-order valence-electron chi connectivity index (χ3n) is 2.37. The molecule has 0 spiro atoms. The largest absolute Gasteiger partial charge is 0.372 e. The summed E-state index contributed by atoms with van der Waals surface area (Å²) < 4.78 is 0. The topological polar surface area (TPSA) is 24.1 Å². The third kappa shape index (κ3) is 2.52. The van der Waals surface area contributed by atoms with Crippen molar-refractivity contribution in [1.29, 1.82) is 0 Å². The molecular formula is C12H16N2. The van der Waals surface area contributed by atoms with Crippen LogP contribution >= 0.6 is 0 Å². The number of hydrogen-bond donors (Lipinski definition) is 2. The lowest BCUT2D eigenvalue weighted by Crippen LogP contribution is -2.35. The summed E-state index contributed by atoms with van der Waals surface area (Å²) in [6, 6.07) is 10.5. The van der Waals surface area contributed by atoms with Gasteiger partial charge < -0.3 is 10.6 Å². The molecule has 74 valence electrons. The van der Waals surface area contributed by atoms with Crippen LogP contribution < -0.4 is 10.6 Å². The first-order valence-corrected chi connectivity index (χ1v) is 5.17. The number of rotatable bonds is 2. The Hall–Kier alpha value is -1.44. The van der Waals surface area contributed by atoms with E-state index in [0.717, 1.165) is 19.5 Å². The molecule has 0 bridgehead atoms. The van der Waals surface area contributed by atoms with Gasteiger partial charge in [-0.25, -0.2) is 0 Å². The Morgan fingerprint density at radius 2 is 1.79 bits per heavy atom. The van der Waals surface area contributed by atoms with Gasteiger partial charge in [-0.2, -0.15) is 0 Å². The zero-order chi connectivity index (χ0) is 9.64. The maximum Gasteiger partial charge on any atom is 0.0948 e. The minimum absolute atomic E-state index is 0.996. The molecule has 0 amide bonds. The Kier molecular flexibility index (Phi) is 3.06. The van der Waals surface area contributed by atoms with Gasteiger partial charge in [-0.3, -0.25) is 0 Å². The quantitative estimate of drug-likeness (QED) is 0.737. The highest BCUT2D eigenvalue weighted by Crippen LogP contribution is 2.02. The molecule has 0 aliphatic carbocycles. The van der Waals surface area contributed by atoms with Crippen molar-refractivity contribution in [2.24, 2.45) is 0 Å². The molecule has 1 fully saturated rings. The monoisotopic (exact) mass is 188 g/mol. The predicted molar refractivity (Wildman–Crippen MR) is 58.9 cm³/mol. The van der Waals surface area contributed by atoms with Gasteiger partial charge in [0.15, 0.2) is 0 Å². The fourth-order valence-corrected chi connectivity index (χ4v) is 1.58. The minimum Gasteiger partial charge on any atom is -0.372 e. The van der Waals surface area contributed by atoms with Gasteiger partial charge in [0.1, 0.15) is 0 Å². The molecule has 1 saturated heterocycles. The van der Waals surface area contributed by atoms with Crippen molar-refractivity contribution in [3.8, 4) is 0 Å². The standard InChI is InChI=1S/C12H16N2/c1-2-5-11(6-3-1)7-8-12-13-9-4-10-14-12/h1-3,5-6,8,13-14H,4,7,9-10H2. The Morgan fingerprint density at radius 1 is 1.07 bits per heavy atom. The van der Waals surface area contributed by atoms with E-state index in [0.29, 0.717) is 0 Å². The lowest BCUT2D eigenvalue weighted by molar-refractivity contribution is 0.570. The highest BCUT2D eigenvalue weighted by Gasteiger charge is 2.00. The average Bonchev–Trinajstić information content (AvgIpc) is 2.29. The molecule has 0 unspecified atom stereocenters. The van der Waals surface area contributed by atoms with Crippen LogP contribution in [-0.2, 0) is 6.42 Å². The van der Waals surface area contributed by atoms with Gasteiger partial charge in [-0.15, -0.1) is 0 Å². The van der Waals surface area contributed by atoms with E-state index in [-0.39, 0.29) is 0 Å². The van der Waals surface area contributed by atoms with Crippen LogP contribution in [0.4, 0.5) is 0 Å². The summed E-state index contributed by atoms with van der Waals surface area (Å²) in [5.74, 6) is 1.18. The second-order valence-electron chi connectivity index (χ2n) is 3.51. The van der Waals surface area contributed by atoms with E-state index in [1.807, 2.05) is 6.07 Å². The summed E-state index contributed by atoms with van der Waals surface area (Å²) in [5.41, 5.74) is 1.36. The van der Waals surface area contributed by atoms with Crippen LogP contribution in [-0.4, -0.2) is 13.1 Å². The molecule has 1 heterocycles. The molecule has 0 atom stereocenters. The zero-order valence-corrected chi connectivity index (χ0v) is 8.29. The van der Waals surface area contributed by atoms with Crippen molar-refractivity contribution in [2.75, 3.05) is 13.1 Å². The summed E-state index contributed by atoms with van der Waals surface area (Å²) >= 11 is 0. The number of nitrogens with one attached hydrogen (secondary N) is 2. The van der Waals surface area contributed by atoms with E-state index < -0.39 is 0 Å². The van der Waals surface area contributed by atoms with Crippen molar-refractivity contribution in [1.82, 2.24) is 10.6 Å².